The van der Waals surface area contributed by atoms with Gasteiger partial charge in [-0.1, -0.05) is 56.7 Å². The number of amides is 2. The van der Waals surface area contributed by atoms with Crippen LogP contribution in [0.1, 0.15) is 38.7 Å². The number of carbonyl (C=O) groups is 2. The maximum absolute atomic E-state index is 13.6. The van der Waals surface area contributed by atoms with Crippen LogP contribution in [0.2, 0.25) is 0 Å². The number of non-ortho nitro benzene ring substituents is 1. The van der Waals surface area contributed by atoms with E-state index in [2.05, 4.69) is 5.32 Å². The zero-order chi connectivity index (χ0) is 26.7. The Morgan fingerprint density at radius 2 is 1.78 bits per heavy atom. The van der Waals surface area contributed by atoms with Crippen LogP contribution in [-0.2, 0) is 26.0 Å². The number of unbranched alkanes of at least 4 members (excludes halogenated alkanes) is 1. The van der Waals surface area contributed by atoms with Gasteiger partial charge in [-0.3, -0.25) is 24.0 Å². The molecule has 0 heterocycles. The second kappa shape index (κ2) is 13.6. The summed E-state index contributed by atoms with van der Waals surface area (Å²) in [5, 5.41) is 14.1. The Labute approximate surface area is 212 Å². The fraction of sp³-hybridized carbons (Fsp3) is 0.440. The van der Waals surface area contributed by atoms with Crippen molar-refractivity contribution in [1.82, 2.24) is 10.2 Å². The average Bonchev–Trinajstić information content (AvgIpc) is 2.85. The van der Waals surface area contributed by atoms with E-state index in [9.17, 15) is 28.1 Å². The Balaban J connectivity index is 2.37. The highest BCUT2D eigenvalue weighted by molar-refractivity contribution is 7.92. The maximum atomic E-state index is 13.6. The van der Waals surface area contributed by atoms with Gasteiger partial charge in [-0.15, -0.1) is 0 Å². The summed E-state index contributed by atoms with van der Waals surface area (Å²) >= 11 is 0. The van der Waals surface area contributed by atoms with Crippen molar-refractivity contribution in [1.29, 1.82) is 0 Å². The van der Waals surface area contributed by atoms with E-state index in [1.807, 2.05) is 37.3 Å². The topological polar surface area (TPSA) is 130 Å². The lowest BCUT2D eigenvalue weighted by Crippen LogP contribution is -2.53. The van der Waals surface area contributed by atoms with Crippen molar-refractivity contribution in [3.8, 4) is 0 Å². The Kier molecular flexibility index (Phi) is 10.8. The van der Waals surface area contributed by atoms with Crippen LogP contribution in [-0.4, -0.2) is 62.0 Å². The lowest BCUT2D eigenvalue weighted by Gasteiger charge is -2.32. The first kappa shape index (κ1) is 28.8. The van der Waals surface area contributed by atoms with Crippen LogP contribution in [0.15, 0.2) is 54.6 Å². The van der Waals surface area contributed by atoms with Crippen molar-refractivity contribution in [2.24, 2.45) is 0 Å². The third-order valence-electron chi connectivity index (χ3n) is 5.71. The zero-order valence-electron chi connectivity index (χ0n) is 20.9. The highest BCUT2D eigenvalue weighted by Gasteiger charge is 2.31. The Hall–Kier alpha value is -3.47. The molecule has 2 aromatic carbocycles. The average molecular weight is 519 g/mol. The van der Waals surface area contributed by atoms with E-state index in [1.54, 1.807) is 6.92 Å². The summed E-state index contributed by atoms with van der Waals surface area (Å²) in [7, 11) is -3.96. The first-order valence-electron chi connectivity index (χ1n) is 11.9. The van der Waals surface area contributed by atoms with Gasteiger partial charge in [-0.25, -0.2) is 8.42 Å². The number of nitro groups is 1. The summed E-state index contributed by atoms with van der Waals surface area (Å²) < 4.78 is 26.0. The number of nitrogens with zero attached hydrogens (tertiary/aromatic N) is 3. The Morgan fingerprint density at radius 1 is 1.08 bits per heavy atom. The second-order valence-electron chi connectivity index (χ2n) is 8.44. The van der Waals surface area contributed by atoms with Gasteiger partial charge in [0.2, 0.25) is 21.8 Å². The Morgan fingerprint density at radius 3 is 2.36 bits per heavy atom. The van der Waals surface area contributed by atoms with Crippen LogP contribution < -0.4 is 9.62 Å². The minimum Gasteiger partial charge on any atom is -0.354 e. The normalized spacial score (nSPS) is 12.0. The van der Waals surface area contributed by atoms with E-state index in [0.29, 0.717) is 19.4 Å². The summed E-state index contributed by atoms with van der Waals surface area (Å²) in [6.07, 6.45) is 3.45. The zero-order valence-corrected chi connectivity index (χ0v) is 21.7. The first-order valence-corrected chi connectivity index (χ1v) is 13.8. The SMILES string of the molecule is CCCCNC(=O)[C@H](CC)N(CCc1ccccc1)C(=O)CN(c1cccc([N+](=O)[O-])c1)S(C)(=O)=O. The lowest BCUT2D eigenvalue weighted by molar-refractivity contribution is -0.384. The third kappa shape index (κ3) is 8.33. The predicted octanol–water partition coefficient (Wildman–Crippen LogP) is 3.13. The standard InChI is InChI=1S/C25H34N4O6S/c1-4-6-16-26-25(31)23(5-2)27(17-15-20-11-8-7-9-12-20)24(30)19-28(36(3,34)35)21-13-10-14-22(18-21)29(32)33/h7-14,18,23H,4-6,15-17,19H2,1-3H3,(H,26,31)/t23-/m0/s1. The van der Waals surface area contributed by atoms with E-state index >= 15 is 0 Å². The molecular formula is C25H34N4O6S. The smallest absolute Gasteiger partial charge is 0.271 e. The monoisotopic (exact) mass is 518 g/mol. The van der Waals surface area contributed by atoms with Crippen molar-refractivity contribution < 1.29 is 22.9 Å². The molecule has 0 aromatic heterocycles. The van der Waals surface area contributed by atoms with Gasteiger partial charge in [0.1, 0.15) is 12.6 Å². The molecule has 1 atom stereocenters. The quantitative estimate of drug-likeness (QED) is 0.232. The summed E-state index contributed by atoms with van der Waals surface area (Å²) in [5.74, 6) is -0.867. The number of sulfonamides is 1. The third-order valence-corrected chi connectivity index (χ3v) is 6.85. The summed E-state index contributed by atoms with van der Waals surface area (Å²) in [6.45, 7) is 3.90. The number of nitro benzene ring substituents is 1. The highest BCUT2D eigenvalue weighted by atomic mass is 32.2. The second-order valence-corrected chi connectivity index (χ2v) is 10.3. The van der Waals surface area contributed by atoms with Gasteiger partial charge in [0.15, 0.2) is 0 Å². The summed E-state index contributed by atoms with van der Waals surface area (Å²) in [4.78, 5) is 38.5. The van der Waals surface area contributed by atoms with Crippen molar-refractivity contribution >= 4 is 33.2 Å². The molecule has 2 aromatic rings. The minimum absolute atomic E-state index is 0.00325. The van der Waals surface area contributed by atoms with Crippen LogP contribution in [0.25, 0.3) is 0 Å². The predicted molar refractivity (Wildman–Crippen MR) is 139 cm³/mol. The molecule has 36 heavy (non-hydrogen) atoms. The fourth-order valence-corrected chi connectivity index (χ4v) is 4.62. The van der Waals surface area contributed by atoms with Crippen molar-refractivity contribution in [3.63, 3.8) is 0 Å². The number of anilines is 1. The number of rotatable bonds is 14. The Bertz CT molecular complexity index is 1140. The first-order chi connectivity index (χ1) is 17.1. The molecule has 0 aliphatic heterocycles. The van der Waals surface area contributed by atoms with E-state index in [-0.39, 0.29) is 23.8 Å². The molecule has 0 bridgehead atoms. The molecule has 2 amide bonds. The molecule has 196 valence electrons. The van der Waals surface area contributed by atoms with E-state index < -0.39 is 33.4 Å². The van der Waals surface area contributed by atoms with Crippen molar-refractivity contribution in [2.45, 2.75) is 45.6 Å². The lowest BCUT2D eigenvalue weighted by atomic mass is 10.1. The molecule has 0 unspecified atom stereocenters. The molecule has 10 nitrogen and oxygen atoms in total. The summed E-state index contributed by atoms with van der Waals surface area (Å²) in [6, 6.07) is 13.8. The van der Waals surface area contributed by atoms with Crippen molar-refractivity contribution in [3.05, 3.63) is 70.3 Å². The van der Waals surface area contributed by atoms with E-state index in [4.69, 9.17) is 0 Å². The van der Waals surface area contributed by atoms with Gasteiger partial charge in [0, 0.05) is 25.2 Å². The highest BCUT2D eigenvalue weighted by Crippen LogP contribution is 2.23. The van der Waals surface area contributed by atoms with E-state index in [0.717, 1.165) is 35.0 Å². The van der Waals surface area contributed by atoms with E-state index in [1.165, 1.54) is 23.1 Å². The van der Waals surface area contributed by atoms with Gasteiger partial charge < -0.3 is 10.2 Å². The van der Waals surface area contributed by atoms with Crippen molar-refractivity contribution in [2.75, 3.05) is 30.2 Å². The fourth-order valence-electron chi connectivity index (χ4n) is 3.78. The van der Waals surface area contributed by atoms with Crippen LogP contribution >= 0.6 is 0 Å². The van der Waals surface area contributed by atoms with Gasteiger partial charge in [0.05, 0.1) is 16.9 Å². The van der Waals surface area contributed by atoms with Crippen LogP contribution in [0.5, 0.6) is 0 Å². The molecule has 0 spiro atoms. The molecule has 2 rings (SSSR count). The number of hydrogen-bond donors (Lipinski definition) is 1. The molecule has 0 saturated carbocycles. The number of nitrogens with one attached hydrogen (secondary N) is 1. The number of benzene rings is 2. The summed E-state index contributed by atoms with van der Waals surface area (Å²) in [5.41, 5.74) is 0.676. The largest absolute Gasteiger partial charge is 0.354 e. The molecule has 0 fully saturated rings. The van der Waals surface area contributed by atoms with Gasteiger partial charge in [0.25, 0.3) is 5.69 Å². The van der Waals surface area contributed by atoms with Gasteiger partial charge in [-0.2, -0.15) is 0 Å². The molecular weight excluding hydrogens is 484 g/mol. The van der Waals surface area contributed by atoms with Crippen LogP contribution in [0.4, 0.5) is 11.4 Å². The molecule has 11 heteroatoms. The van der Waals surface area contributed by atoms with Crippen LogP contribution in [0.3, 0.4) is 0 Å². The number of carbonyl (C=O) groups excluding carboxylic acids is 2. The molecule has 0 aliphatic carbocycles. The molecule has 0 radical (unpaired) electrons. The molecule has 1 N–H and O–H groups in total. The maximum Gasteiger partial charge on any atom is 0.271 e. The number of hydrogen-bond acceptors (Lipinski definition) is 6. The van der Waals surface area contributed by atoms with Crippen LogP contribution in [0, 0.1) is 10.1 Å². The molecule has 0 aliphatic rings. The molecule has 0 saturated heterocycles. The van der Waals surface area contributed by atoms with Gasteiger partial charge in [-0.05, 0) is 30.9 Å². The van der Waals surface area contributed by atoms with Gasteiger partial charge >= 0.3 is 0 Å². The minimum atomic E-state index is -3.96.